The summed E-state index contributed by atoms with van der Waals surface area (Å²) in [7, 11) is -4.45. The van der Waals surface area contributed by atoms with Crippen molar-refractivity contribution in [3.8, 4) is 0 Å². The summed E-state index contributed by atoms with van der Waals surface area (Å²) in [5.41, 5.74) is 1.09. The predicted octanol–water partition coefficient (Wildman–Crippen LogP) is 2.21. The molecule has 0 heterocycles. The smallest absolute Gasteiger partial charge is 0.242 e. The van der Waals surface area contributed by atoms with Crippen LogP contribution in [0, 0.1) is 0 Å². The second-order valence-electron chi connectivity index (χ2n) is 6.65. The molecule has 29 heavy (non-hydrogen) atoms. The van der Waals surface area contributed by atoms with Crippen LogP contribution in [0.2, 0.25) is 5.02 Å². The molecule has 2 rings (SSSR count). The van der Waals surface area contributed by atoms with E-state index in [0.29, 0.717) is 10.6 Å². The van der Waals surface area contributed by atoms with E-state index < -0.39 is 25.8 Å². The number of benzene rings is 2. The molecule has 1 N–H and O–H groups in total. The van der Waals surface area contributed by atoms with Gasteiger partial charge in [0.25, 0.3) is 0 Å². The number of amides is 1. The molecule has 0 bridgehead atoms. The van der Waals surface area contributed by atoms with E-state index in [1.165, 1.54) is 32.3 Å². The van der Waals surface area contributed by atoms with Gasteiger partial charge in [0.2, 0.25) is 15.9 Å². The predicted molar refractivity (Wildman–Crippen MR) is 113 cm³/mol. The van der Waals surface area contributed by atoms with Crippen molar-refractivity contribution in [2.24, 2.45) is 0 Å². The molecule has 158 valence electrons. The highest BCUT2D eigenvalue weighted by molar-refractivity contribution is 7.90. The maximum absolute atomic E-state index is 12.4. The Balaban J connectivity index is 1.95. The highest BCUT2D eigenvalue weighted by Gasteiger charge is 2.19. The summed E-state index contributed by atoms with van der Waals surface area (Å²) in [6.07, 6.45) is -0.192. The fraction of sp³-hybridized carbons (Fsp3) is 0.316. The fourth-order valence-corrected chi connectivity index (χ4v) is 5.01. The van der Waals surface area contributed by atoms with E-state index >= 15 is 0 Å². The highest BCUT2D eigenvalue weighted by Crippen LogP contribution is 2.17. The summed E-state index contributed by atoms with van der Waals surface area (Å²) in [6.45, 7) is 0.211. The van der Waals surface area contributed by atoms with Crippen molar-refractivity contribution < 1.29 is 21.6 Å². The van der Waals surface area contributed by atoms with E-state index in [2.05, 4.69) is 5.32 Å². The number of sulfonamides is 1. The van der Waals surface area contributed by atoms with Crippen LogP contribution in [0.5, 0.6) is 0 Å². The lowest BCUT2D eigenvalue weighted by atomic mass is 10.2. The summed E-state index contributed by atoms with van der Waals surface area (Å²) < 4.78 is 50.2. The molecule has 10 heteroatoms. The Morgan fingerprint density at radius 3 is 2.38 bits per heavy atom. The van der Waals surface area contributed by atoms with Gasteiger partial charge in [0, 0.05) is 32.1 Å². The largest absolute Gasteiger partial charge is 0.352 e. The number of nitrogens with zero attached hydrogens (tertiary/aromatic N) is 1. The van der Waals surface area contributed by atoms with Gasteiger partial charge < -0.3 is 5.32 Å². The molecule has 7 nitrogen and oxygen atoms in total. The summed E-state index contributed by atoms with van der Waals surface area (Å²) in [4.78, 5) is 12.0. The Bertz CT molecular complexity index is 1080. The Morgan fingerprint density at radius 1 is 1.03 bits per heavy atom. The molecule has 1 amide bonds. The van der Waals surface area contributed by atoms with Crippen LogP contribution >= 0.6 is 11.6 Å². The Kier molecular flexibility index (Phi) is 7.81. The molecule has 0 unspecified atom stereocenters. The average Bonchev–Trinajstić information content (AvgIpc) is 2.65. The first-order valence-electron chi connectivity index (χ1n) is 8.73. The Hall–Kier alpha value is -1.94. The summed E-state index contributed by atoms with van der Waals surface area (Å²) in [6, 6.07) is 12.8. The fourth-order valence-electron chi connectivity index (χ4n) is 2.50. The lowest BCUT2D eigenvalue weighted by molar-refractivity contribution is -0.120. The second-order valence-corrected chi connectivity index (χ2v) is 11.4. The van der Waals surface area contributed by atoms with Crippen LogP contribution in [0.25, 0.3) is 0 Å². The average molecular weight is 459 g/mol. The number of carbonyl (C=O) groups is 1. The van der Waals surface area contributed by atoms with Crippen LogP contribution in [0.4, 0.5) is 0 Å². The third-order valence-electron chi connectivity index (χ3n) is 4.14. The second kappa shape index (κ2) is 9.71. The molecular weight excluding hydrogens is 436 g/mol. The normalized spacial score (nSPS) is 12.1. The minimum absolute atomic E-state index is 0.0210. The zero-order valence-electron chi connectivity index (χ0n) is 16.1. The molecule has 2 aromatic rings. The molecule has 0 aromatic heterocycles. The van der Waals surface area contributed by atoms with Crippen molar-refractivity contribution in [1.82, 2.24) is 9.62 Å². The molecule has 0 fully saturated rings. The van der Waals surface area contributed by atoms with Crippen molar-refractivity contribution >= 4 is 37.4 Å². The SMILES string of the molecule is CN(C)S(=O)(=O)c1cccc(CS(=O)(=O)CCC(=O)NCc2ccccc2Cl)c1. The van der Waals surface area contributed by atoms with Gasteiger partial charge in [-0.15, -0.1) is 0 Å². The van der Waals surface area contributed by atoms with E-state index in [4.69, 9.17) is 11.6 Å². The summed E-state index contributed by atoms with van der Waals surface area (Å²) in [5.74, 6) is -1.09. The van der Waals surface area contributed by atoms with Crippen molar-refractivity contribution in [2.45, 2.75) is 23.6 Å². The third kappa shape index (κ3) is 6.81. The number of halogens is 1. The van der Waals surface area contributed by atoms with Crippen LogP contribution in [0.15, 0.2) is 53.4 Å². The first kappa shape index (κ1) is 23.3. The van der Waals surface area contributed by atoms with Crippen LogP contribution in [0.3, 0.4) is 0 Å². The maximum Gasteiger partial charge on any atom is 0.242 e. The quantitative estimate of drug-likeness (QED) is 0.620. The number of carbonyl (C=O) groups excluding carboxylic acids is 1. The number of hydrogen-bond donors (Lipinski definition) is 1. The first-order valence-corrected chi connectivity index (χ1v) is 12.4. The molecule has 0 spiro atoms. The van der Waals surface area contributed by atoms with Gasteiger partial charge in [-0.2, -0.15) is 0 Å². The number of hydrogen-bond acceptors (Lipinski definition) is 5. The molecule has 0 aliphatic carbocycles. The summed E-state index contributed by atoms with van der Waals surface area (Å²) >= 11 is 6.02. The van der Waals surface area contributed by atoms with Crippen LogP contribution in [-0.2, 0) is 37.0 Å². The molecule has 0 radical (unpaired) electrons. The van der Waals surface area contributed by atoms with Gasteiger partial charge in [0.1, 0.15) is 0 Å². The minimum Gasteiger partial charge on any atom is -0.352 e. The van der Waals surface area contributed by atoms with Crippen LogP contribution in [0.1, 0.15) is 17.5 Å². The topological polar surface area (TPSA) is 101 Å². The van der Waals surface area contributed by atoms with E-state index in [-0.39, 0.29) is 29.4 Å². The molecule has 2 aromatic carbocycles. The van der Waals surface area contributed by atoms with Crippen molar-refractivity contribution in [1.29, 1.82) is 0 Å². The van der Waals surface area contributed by atoms with Gasteiger partial charge in [-0.25, -0.2) is 21.1 Å². The van der Waals surface area contributed by atoms with E-state index in [9.17, 15) is 21.6 Å². The molecule has 0 saturated carbocycles. The van der Waals surface area contributed by atoms with Crippen LogP contribution in [-0.4, -0.2) is 46.9 Å². The monoisotopic (exact) mass is 458 g/mol. The first-order chi connectivity index (χ1) is 13.5. The molecule has 0 aliphatic heterocycles. The van der Waals surface area contributed by atoms with Crippen molar-refractivity contribution in [2.75, 3.05) is 19.8 Å². The van der Waals surface area contributed by atoms with E-state index in [1.807, 2.05) is 0 Å². The maximum atomic E-state index is 12.4. The van der Waals surface area contributed by atoms with Gasteiger partial charge in [-0.3, -0.25) is 4.79 Å². The van der Waals surface area contributed by atoms with E-state index in [0.717, 1.165) is 9.87 Å². The van der Waals surface area contributed by atoms with Gasteiger partial charge in [0.15, 0.2) is 9.84 Å². The van der Waals surface area contributed by atoms with Crippen molar-refractivity contribution in [3.63, 3.8) is 0 Å². The van der Waals surface area contributed by atoms with Crippen molar-refractivity contribution in [3.05, 3.63) is 64.7 Å². The molecular formula is C19H23ClN2O5S2. The lowest BCUT2D eigenvalue weighted by Gasteiger charge is -2.12. The number of nitrogens with one attached hydrogen (secondary N) is 1. The van der Waals surface area contributed by atoms with Gasteiger partial charge >= 0.3 is 0 Å². The minimum atomic E-state index is -3.65. The summed E-state index contributed by atoms with van der Waals surface area (Å²) in [5, 5.41) is 3.17. The number of sulfone groups is 1. The van der Waals surface area contributed by atoms with Gasteiger partial charge in [0.05, 0.1) is 16.4 Å². The standard InChI is InChI=1S/C19H23ClN2O5S2/c1-22(2)29(26,27)17-8-5-6-15(12-17)14-28(24,25)11-10-19(23)21-13-16-7-3-4-9-18(16)20/h3-9,12H,10-11,13-14H2,1-2H3,(H,21,23). The highest BCUT2D eigenvalue weighted by atomic mass is 35.5. The van der Waals surface area contributed by atoms with Gasteiger partial charge in [-0.1, -0.05) is 41.9 Å². The zero-order valence-corrected chi connectivity index (χ0v) is 18.5. The third-order valence-corrected chi connectivity index (χ3v) is 7.92. The molecule has 0 aliphatic rings. The Labute approximate surface area is 176 Å². The lowest BCUT2D eigenvalue weighted by Crippen LogP contribution is -2.25. The van der Waals surface area contributed by atoms with Crippen LogP contribution < -0.4 is 5.32 Å². The molecule has 0 atom stereocenters. The van der Waals surface area contributed by atoms with Gasteiger partial charge in [-0.05, 0) is 29.3 Å². The Morgan fingerprint density at radius 2 is 1.72 bits per heavy atom. The zero-order chi connectivity index (χ0) is 21.7. The number of rotatable bonds is 9. The van der Waals surface area contributed by atoms with E-state index in [1.54, 1.807) is 30.3 Å². The molecule has 0 saturated heterocycles.